The zero-order chi connectivity index (χ0) is 79.2. The summed E-state index contributed by atoms with van der Waals surface area (Å²) in [5, 5.41) is 0. The molecule has 0 radical (unpaired) electrons. The van der Waals surface area contributed by atoms with Crippen LogP contribution in [-0.2, 0) is 10.8 Å². The van der Waals surface area contributed by atoms with Crippen molar-refractivity contribution in [3.05, 3.63) is 435 Å². The Morgan fingerprint density at radius 1 is 0.188 bits per heavy atom. The molecule has 1 saturated carbocycles. The Morgan fingerprint density at radius 3 is 0.786 bits per heavy atom. The maximum absolute atomic E-state index is 5.33. The molecule has 0 saturated heterocycles. The minimum absolute atomic E-state index is 0.00238. The molecular weight excluding hydrogens is 1410 g/mol. The van der Waals surface area contributed by atoms with Crippen LogP contribution in [0.2, 0.25) is 0 Å². The highest BCUT2D eigenvalue weighted by Gasteiger charge is 2.56. The first-order chi connectivity index (χ1) is 57.2. The monoisotopic (exact) mass is 1500 g/mol. The van der Waals surface area contributed by atoms with Crippen LogP contribution >= 0.6 is 0 Å². The average molecular weight is 1500 g/mol. The largest absolute Gasteiger partial charge is 0.256 e. The Balaban J connectivity index is 0.634. The number of aromatic nitrogens is 2. The summed E-state index contributed by atoms with van der Waals surface area (Å²) in [7, 11) is 0. The van der Waals surface area contributed by atoms with Gasteiger partial charge in [-0.15, -0.1) is 0 Å². The summed E-state index contributed by atoms with van der Waals surface area (Å²) >= 11 is 0. The highest BCUT2D eigenvalue weighted by atomic mass is 14.7. The zero-order valence-electron chi connectivity index (χ0n) is 67.4. The van der Waals surface area contributed by atoms with Crippen molar-refractivity contribution in [3.63, 3.8) is 0 Å². The summed E-state index contributed by atoms with van der Waals surface area (Å²) in [5.41, 5.74) is 40.0. The van der Waals surface area contributed by atoms with Gasteiger partial charge in [0.2, 0.25) is 0 Å². The number of rotatable bonds is 17. The molecule has 2 heterocycles. The molecule has 15 aromatic carbocycles. The van der Waals surface area contributed by atoms with Gasteiger partial charge in [-0.2, -0.15) is 0 Å². The molecule has 1 fully saturated rings. The van der Waals surface area contributed by atoms with Crippen LogP contribution in [0.5, 0.6) is 0 Å². The van der Waals surface area contributed by atoms with E-state index in [9.17, 15) is 0 Å². The lowest BCUT2D eigenvalue weighted by Crippen LogP contribution is -2.42. The standard InChI is InChI=1S/C115H94N2/c1-113(2)109-58-55-91(74-110(109)114(3,4)115(113,5)6)112-60-57-93(76-117-112)105-47-21-24-50-108(105)102-72-100(106-48-22-19-45-103(106)82-53-51-81(52-54-82)83-37-25-38-84(61-83)85-39-26-42-88(62-85)98-67-94(77-29-11-7-12-30-77)65-95(68-98)78-31-13-8-14-32-78)71-101(73-102)107-49-23-20-46-104(107)92-56-59-111(116-75-92)90-44-28-41-87(64-90)86-40-27-43-89(63-86)99-69-96(79-33-15-9-16-34-79)66-97(70-99)80-35-17-10-18-36-80/h7-70,74-76,100-102H,71-73H2,1-6H3. The van der Waals surface area contributed by atoms with Crippen molar-refractivity contribution in [2.24, 2.45) is 5.41 Å². The minimum Gasteiger partial charge on any atom is -0.256 e. The third-order valence-electron chi connectivity index (χ3n) is 26.7. The van der Waals surface area contributed by atoms with Crippen molar-refractivity contribution < 1.29 is 0 Å². The molecule has 2 heteroatoms. The summed E-state index contributed by atoms with van der Waals surface area (Å²) in [6.07, 6.45) is 7.25. The Morgan fingerprint density at radius 2 is 0.427 bits per heavy atom. The molecule has 3 atom stereocenters. The Bertz CT molecular complexity index is 6050. The predicted molar refractivity (Wildman–Crippen MR) is 493 cm³/mol. The van der Waals surface area contributed by atoms with E-state index in [4.69, 9.17) is 9.97 Å². The molecular formula is C115H94N2. The number of hydrogen-bond donors (Lipinski definition) is 0. The van der Waals surface area contributed by atoms with Crippen LogP contribution in [0, 0.1) is 5.41 Å². The Labute approximate surface area is 690 Å². The molecule has 19 rings (SSSR count). The summed E-state index contributed by atoms with van der Waals surface area (Å²) in [6, 6.07) is 146. The van der Waals surface area contributed by atoms with Gasteiger partial charge in [-0.3, -0.25) is 9.97 Å². The first-order valence-corrected chi connectivity index (χ1v) is 41.6. The van der Waals surface area contributed by atoms with Crippen LogP contribution in [0.1, 0.15) is 106 Å². The topological polar surface area (TPSA) is 25.8 Å². The van der Waals surface area contributed by atoms with Gasteiger partial charge in [0.05, 0.1) is 11.4 Å². The fraction of sp³-hybridized carbons (Fsp3) is 0.130. The summed E-state index contributed by atoms with van der Waals surface area (Å²) in [4.78, 5) is 10.7. The van der Waals surface area contributed by atoms with Crippen LogP contribution < -0.4 is 0 Å². The van der Waals surface area contributed by atoms with E-state index in [1.54, 1.807) is 0 Å². The van der Waals surface area contributed by atoms with E-state index in [1.807, 2.05) is 0 Å². The molecule has 117 heavy (non-hydrogen) atoms. The molecule has 0 bridgehead atoms. The molecule has 0 amide bonds. The quantitative estimate of drug-likeness (QED) is 0.0908. The van der Waals surface area contributed by atoms with E-state index in [-0.39, 0.29) is 34.0 Å². The van der Waals surface area contributed by atoms with E-state index in [0.29, 0.717) is 0 Å². The van der Waals surface area contributed by atoms with E-state index in [0.717, 1.165) is 58.5 Å². The SMILES string of the molecule is CC1(C)c2ccc(-c3ccc(-c4ccccc4C4CC(c5ccccc5-c5ccc(-c6cccc(-c7cccc(-c8cc(-c9ccccc9)cc(-c9ccccc9)c8)c7)c6)cc5)CC(c5ccccc5-c5ccc(-c6cccc(-c7cccc(-c8cc(-c9ccccc9)cc(-c9ccccc9)c8)c7)c6)nc5)C4)cn3)cc2C(C)(C)C1(C)C. The molecule has 2 nitrogen and oxygen atoms in total. The third kappa shape index (κ3) is 14.4. The molecule has 2 aliphatic rings. The van der Waals surface area contributed by atoms with E-state index in [2.05, 4.69) is 448 Å². The van der Waals surface area contributed by atoms with E-state index >= 15 is 0 Å². The van der Waals surface area contributed by atoms with Gasteiger partial charge in [0.25, 0.3) is 0 Å². The van der Waals surface area contributed by atoms with Crippen LogP contribution in [-0.4, -0.2) is 9.97 Å². The molecule has 0 spiro atoms. The number of benzene rings is 15. The number of pyridine rings is 2. The second-order valence-electron chi connectivity index (χ2n) is 34.0. The second kappa shape index (κ2) is 31.1. The first kappa shape index (κ1) is 73.8. The predicted octanol–water partition coefficient (Wildman–Crippen LogP) is 31.2. The van der Waals surface area contributed by atoms with Gasteiger partial charge < -0.3 is 0 Å². The van der Waals surface area contributed by atoms with Gasteiger partial charge in [0.15, 0.2) is 0 Å². The normalized spacial score (nSPS) is 15.8. The molecule has 564 valence electrons. The molecule has 0 aliphatic heterocycles. The van der Waals surface area contributed by atoms with Crippen molar-refractivity contribution in [1.82, 2.24) is 9.97 Å². The van der Waals surface area contributed by atoms with Gasteiger partial charge in [-0.05, 0) is 282 Å². The van der Waals surface area contributed by atoms with Gasteiger partial charge in [-0.1, -0.05) is 357 Å². The summed E-state index contributed by atoms with van der Waals surface area (Å²) < 4.78 is 0. The lowest BCUT2D eigenvalue weighted by atomic mass is 9.59. The highest BCUT2D eigenvalue weighted by Crippen LogP contribution is 2.62. The van der Waals surface area contributed by atoms with E-state index in [1.165, 1.54) is 145 Å². The molecule has 0 N–H and O–H groups in total. The number of fused-ring (bicyclic) bond motifs is 1. The molecule has 17 aromatic rings. The summed E-state index contributed by atoms with van der Waals surface area (Å²) in [6.45, 7) is 14.5. The lowest BCUT2D eigenvalue weighted by molar-refractivity contribution is 0.125. The molecule has 2 aliphatic carbocycles. The lowest BCUT2D eigenvalue weighted by Gasteiger charge is -2.44. The van der Waals surface area contributed by atoms with E-state index < -0.39 is 0 Å². The summed E-state index contributed by atoms with van der Waals surface area (Å²) in [5.74, 6) is 0.700. The maximum atomic E-state index is 5.33. The van der Waals surface area contributed by atoms with Gasteiger partial charge in [0.1, 0.15) is 0 Å². The van der Waals surface area contributed by atoms with Gasteiger partial charge >= 0.3 is 0 Å². The third-order valence-corrected chi connectivity index (χ3v) is 26.7. The minimum atomic E-state index is -0.00238. The maximum Gasteiger partial charge on any atom is 0.0702 e. The fourth-order valence-corrected chi connectivity index (χ4v) is 19.2. The van der Waals surface area contributed by atoms with Crippen molar-refractivity contribution in [2.75, 3.05) is 0 Å². The van der Waals surface area contributed by atoms with Crippen molar-refractivity contribution in [1.29, 1.82) is 0 Å². The van der Waals surface area contributed by atoms with Crippen LogP contribution in [0.15, 0.2) is 407 Å². The van der Waals surface area contributed by atoms with Gasteiger partial charge in [0, 0.05) is 34.6 Å². The Kier molecular flexibility index (Phi) is 19.6. The fourth-order valence-electron chi connectivity index (χ4n) is 19.2. The number of hydrogen-bond acceptors (Lipinski definition) is 2. The second-order valence-corrected chi connectivity index (χ2v) is 34.0. The van der Waals surface area contributed by atoms with Crippen molar-refractivity contribution in [2.45, 2.75) is 89.4 Å². The average Bonchev–Trinajstić information content (AvgIpc) is 1.54. The Hall–Kier alpha value is -13.4. The van der Waals surface area contributed by atoms with Crippen LogP contribution in [0.25, 0.3) is 156 Å². The first-order valence-electron chi connectivity index (χ1n) is 41.6. The van der Waals surface area contributed by atoms with Crippen LogP contribution in [0.4, 0.5) is 0 Å². The van der Waals surface area contributed by atoms with Crippen LogP contribution in [0.3, 0.4) is 0 Å². The van der Waals surface area contributed by atoms with Crippen molar-refractivity contribution >= 4 is 0 Å². The zero-order valence-corrected chi connectivity index (χ0v) is 67.4. The molecule has 2 aromatic heterocycles. The highest BCUT2D eigenvalue weighted by molar-refractivity contribution is 5.87. The molecule has 3 unspecified atom stereocenters. The van der Waals surface area contributed by atoms with Gasteiger partial charge in [-0.25, -0.2) is 0 Å². The smallest absolute Gasteiger partial charge is 0.0702 e. The number of nitrogens with zero attached hydrogens (tertiary/aromatic N) is 2. The van der Waals surface area contributed by atoms with Crippen molar-refractivity contribution in [3.8, 4) is 156 Å².